The highest BCUT2D eigenvalue weighted by Gasteiger charge is 2.22. The number of hydrogen-bond donors (Lipinski definition) is 1. The fourth-order valence-electron chi connectivity index (χ4n) is 2.51. The quantitative estimate of drug-likeness (QED) is 0.880. The Morgan fingerprint density at radius 1 is 1.35 bits per heavy atom. The van der Waals surface area contributed by atoms with Gasteiger partial charge >= 0.3 is 0 Å². The lowest BCUT2D eigenvalue weighted by Crippen LogP contribution is -2.06. The number of benzene rings is 1. The lowest BCUT2D eigenvalue weighted by molar-refractivity contribution is 0.673. The van der Waals surface area contributed by atoms with Crippen LogP contribution in [0.15, 0.2) is 28.6 Å². The number of fused-ring (bicyclic) bond motifs is 1. The van der Waals surface area contributed by atoms with E-state index in [0.29, 0.717) is 5.25 Å². The summed E-state index contributed by atoms with van der Waals surface area (Å²) in [6.45, 7) is 3.12. The van der Waals surface area contributed by atoms with Crippen LogP contribution in [-0.2, 0) is 6.42 Å². The van der Waals surface area contributed by atoms with Crippen molar-refractivity contribution < 1.29 is 0 Å². The van der Waals surface area contributed by atoms with Gasteiger partial charge < -0.3 is 5.32 Å². The average Bonchev–Trinajstić information content (AvgIpc) is 2.93. The van der Waals surface area contributed by atoms with Crippen molar-refractivity contribution in [2.45, 2.75) is 42.2 Å². The molecular weight excluding hydrogens is 286 g/mol. The maximum absolute atomic E-state index is 4.31. The van der Waals surface area contributed by atoms with Crippen LogP contribution in [0.25, 0.3) is 0 Å². The molecule has 0 saturated carbocycles. The number of nitrogens with zero attached hydrogens (tertiary/aromatic N) is 2. The summed E-state index contributed by atoms with van der Waals surface area (Å²) >= 11 is 3.54. The zero-order chi connectivity index (χ0) is 13.8. The Morgan fingerprint density at radius 2 is 2.25 bits per heavy atom. The topological polar surface area (TPSA) is 37.8 Å². The molecule has 0 spiro atoms. The van der Waals surface area contributed by atoms with E-state index in [1.165, 1.54) is 30.4 Å². The molecule has 1 heterocycles. The van der Waals surface area contributed by atoms with Crippen molar-refractivity contribution in [2.24, 2.45) is 0 Å². The molecule has 3 nitrogen and oxygen atoms in total. The standard InChI is InChI=1S/C15H19N3S2/c1-2-10-16-14-17-18-15(20-14)19-13-9-5-7-11-6-3-4-8-12(11)13/h3-4,6,8,13H,2,5,7,9-10H2,1H3,(H,16,17). The molecule has 5 heteroatoms. The van der Waals surface area contributed by atoms with E-state index in [0.717, 1.165) is 22.4 Å². The predicted octanol–water partition coefficient (Wildman–Crippen LogP) is 4.53. The molecule has 1 N–H and O–H groups in total. The van der Waals surface area contributed by atoms with Crippen molar-refractivity contribution in [1.29, 1.82) is 0 Å². The number of rotatable bonds is 5. The van der Waals surface area contributed by atoms with E-state index in [9.17, 15) is 0 Å². The second kappa shape index (κ2) is 6.59. The summed E-state index contributed by atoms with van der Waals surface area (Å²) in [5, 5.41) is 13.3. The Bertz CT molecular complexity index is 568. The minimum absolute atomic E-state index is 0.534. The van der Waals surface area contributed by atoms with E-state index < -0.39 is 0 Å². The van der Waals surface area contributed by atoms with Gasteiger partial charge in [-0.3, -0.25) is 0 Å². The molecule has 0 fully saturated rings. The second-order valence-corrected chi connectivity index (χ2v) is 7.42. The fourth-order valence-corrected chi connectivity index (χ4v) is 4.77. The van der Waals surface area contributed by atoms with Gasteiger partial charge in [0, 0.05) is 11.8 Å². The summed E-state index contributed by atoms with van der Waals surface area (Å²) in [4.78, 5) is 0. The van der Waals surface area contributed by atoms with Crippen LogP contribution >= 0.6 is 23.1 Å². The fraction of sp³-hybridized carbons (Fsp3) is 0.467. The summed E-state index contributed by atoms with van der Waals surface area (Å²) in [7, 11) is 0. The van der Waals surface area contributed by atoms with Gasteiger partial charge in [0.05, 0.1) is 0 Å². The van der Waals surface area contributed by atoms with Crippen LogP contribution in [-0.4, -0.2) is 16.7 Å². The van der Waals surface area contributed by atoms with Crippen LogP contribution in [0.5, 0.6) is 0 Å². The largest absolute Gasteiger partial charge is 0.360 e. The van der Waals surface area contributed by atoms with Gasteiger partial charge in [0.25, 0.3) is 0 Å². The van der Waals surface area contributed by atoms with Crippen LogP contribution in [0, 0.1) is 0 Å². The van der Waals surface area contributed by atoms with Crippen LogP contribution in [0.3, 0.4) is 0 Å². The van der Waals surface area contributed by atoms with Gasteiger partial charge in [-0.05, 0) is 36.8 Å². The minimum atomic E-state index is 0.534. The molecule has 1 aromatic heterocycles. The van der Waals surface area contributed by atoms with Gasteiger partial charge in [-0.25, -0.2) is 0 Å². The third-order valence-corrected chi connectivity index (χ3v) is 5.76. The van der Waals surface area contributed by atoms with E-state index in [1.54, 1.807) is 11.3 Å². The van der Waals surface area contributed by atoms with Crippen molar-refractivity contribution in [3.8, 4) is 0 Å². The van der Waals surface area contributed by atoms with Gasteiger partial charge in [0.15, 0.2) is 4.34 Å². The first-order chi connectivity index (χ1) is 9.86. The van der Waals surface area contributed by atoms with Gasteiger partial charge in [-0.15, -0.1) is 10.2 Å². The Hall–Kier alpha value is -1.07. The highest BCUT2D eigenvalue weighted by Crippen LogP contribution is 2.44. The number of aryl methyl sites for hydroxylation is 1. The van der Waals surface area contributed by atoms with Gasteiger partial charge in [0.2, 0.25) is 5.13 Å². The summed E-state index contributed by atoms with van der Waals surface area (Å²) in [6, 6.07) is 8.81. The van der Waals surface area contributed by atoms with Crippen molar-refractivity contribution >= 4 is 28.2 Å². The van der Waals surface area contributed by atoms with Crippen molar-refractivity contribution in [2.75, 3.05) is 11.9 Å². The lowest BCUT2D eigenvalue weighted by atomic mass is 9.91. The third-order valence-electron chi connectivity index (χ3n) is 3.49. The molecule has 1 aliphatic carbocycles. The van der Waals surface area contributed by atoms with E-state index >= 15 is 0 Å². The summed E-state index contributed by atoms with van der Waals surface area (Å²) in [5.74, 6) is 0. The highest BCUT2D eigenvalue weighted by atomic mass is 32.2. The van der Waals surface area contributed by atoms with Crippen LogP contribution in [0.4, 0.5) is 5.13 Å². The van der Waals surface area contributed by atoms with Crippen molar-refractivity contribution in [1.82, 2.24) is 10.2 Å². The monoisotopic (exact) mass is 305 g/mol. The summed E-state index contributed by atoms with van der Waals surface area (Å²) in [6.07, 6.45) is 4.83. The number of nitrogens with one attached hydrogen (secondary N) is 1. The molecule has 2 aromatic rings. The molecule has 20 heavy (non-hydrogen) atoms. The Labute approximate surface area is 128 Å². The lowest BCUT2D eigenvalue weighted by Gasteiger charge is -2.23. The predicted molar refractivity (Wildman–Crippen MR) is 86.7 cm³/mol. The molecule has 3 rings (SSSR count). The minimum Gasteiger partial charge on any atom is -0.360 e. The van der Waals surface area contributed by atoms with Gasteiger partial charge in [-0.2, -0.15) is 0 Å². The molecule has 1 aromatic carbocycles. The number of aromatic nitrogens is 2. The average molecular weight is 305 g/mol. The molecule has 0 saturated heterocycles. The third kappa shape index (κ3) is 3.15. The molecule has 0 bridgehead atoms. The molecule has 1 atom stereocenters. The molecule has 0 aliphatic heterocycles. The first-order valence-electron chi connectivity index (χ1n) is 7.18. The number of hydrogen-bond acceptors (Lipinski definition) is 5. The number of anilines is 1. The SMILES string of the molecule is CCCNc1nnc(SC2CCCc3ccccc32)s1. The van der Waals surface area contributed by atoms with Crippen molar-refractivity contribution in [3.63, 3.8) is 0 Å². The Morgan fingerprint density at radius 3 is 3.15 bits per heavy atom. The first-order valence-corrected chi connectivity index (χ1v) is 8.88. The van der Waals surface area contributed by atoms with E-state index in [-0.39, 0.29) is 0 Å². The summed E-state index contributed by atoms with van der Waals surface area (Å²) < 4.78 is 1.07. The molecule has 1 unspecified atom stereocenters. The number of thioether (sulfide) groups is 1. The second-order valence-electron chi connectivity index (χ2n) is 5.00. The van der Waals surface area contributed by atoms with E-state index in [2.05, 4.69) is 46.7 Å². The smallest absolute Gasteiger partial charge is 0.206 e. The zero-order valence-electron chi connectivity index (χ0n) is 11.6. The van der Waals surface area contributed by atoms with Gasteiger partial charge in [-0.1, -0.05) is 54.3 Å². The van der Waals surface area contributed by atoms with Crippen molar-refractivity contribution in [3.05, 3.63) is 35.4 Å². The molecule has 106 valence electrons. The zero-order valence-corrected chi connectivity index (χ0v) is 13.3. The van der Waals surface area contributed by atoms with E-state index in [1.807, 2.05) is 11.8 Å². The normalized spacial score (nSPS) is 17.8. The first kappa shape index (κ1) is 13.9. The highest BCUT2D eigenvalue weighted by molar-refractivity contribution is 8.01. The molecule has 0 radical (unpaired) electrons. The maximum atomic E-state index is 4.31. The summed E-state index contributed by atoms with van der Waals surface area (Å²) in [5.41, 5.74) is 2.99. The maximum Gasteiger partial charge on any atom is 0.206 e. The van der Waals surface area contributed by atoms with Gasteiger partial charge in [0.1, 0.15) is 0 Å². The van der Waals surface area contributed by atoms with Crippen LogP contribution in [0.2, 0.25) is 0 Å². The Balaban J connectivity index is 1.71. The molecule has 1 aliphatic rings. The van der Waals surface area contributed by atoms with Crippen LogP contribution < -0.4 is 5.32 Å². The van der Waals surface area contributed by atoms with E-state index in [4.69, 9.17) is 0 Å². The Kier molecular flexibility index (Phi) is 4.58. The molecular formula is C15H19N3S2. The molecule has 0 amide bonds. The van der Waals surface area contributed by atoms with Crippen LogP contribution in [0.1, 0.15) is 42.6 Å².